The third kappa shape index (κ3) is 3.63. The fourth-order valence-corrected chi connectivity index (χ4v) is 3.73. The molecule has 0 aliphatic carbocycles. The molecule has 4 rings (SSSR count). The minimum Gasteiger partial charge on any atom is -0.356 e. The van der Waals surface area contributed by atoms with E-state index in [1.165, 1.54) is 21.9 Å². The van der Waals surface area contributed by atoms with E-state index in [4.69, 9.17) is 0 Å². The fraction of sp³-hybridized carbons (Fsp3) is 0.273. The Kier molecular flexibility index (Phi) is 5.10. The number of nitrogens with zero attached hydrogens (tertiary/aromatic N) is 2. The van der Waals surface area contributed by atoms with Crippen LogP contribution in [0.15, 0.2) is 60.8 Å². The van der Waals surface area contributed by atoms with Crippen molar-refractivity contribution in [3.8, 4) is 0 Å². The molecule has 1 saturated heterocycles. The van der Waals surface area contributed by atoms with Gasteiger partial charge in [0.25, 0.3) is 0 Å². The number of nitrogens with one attached hydrogen (secondary N) is 1. The number of aromatic nitrogens is 1. The molecule has 2 aromatic carbocycles. The van der Waals surface area contributed by atoms with Crippen LogP contribution >= 0.6 is 0 Å². The number of aryl methyl sites for hydroxylation is 1. The summed E-state index contributed by atoms with van der Waals surface area (Å²) in [5.74, 6) is -1.26. The number of hydrogen-bond acceptors (Lipinski definition) is 2. The summed E-state index contributed by atoms with van der Waals surface area (Å²) < 4.78 is 16.1. The van der Waals surface area contributed by atoms with Gasteiger partial charge in [0.15, 0.2) is 0 Å². The summed E-state index contributed by atoms with van der Waals surface area (Å²) in [6, 6.07) is 16.4. The zero-order valence-corrected chi connectivity index (χ0v) is 15.5. The van der Waals surface area contributed by atoms with Crippen molar-refractivity contribution in [1.82, 2.24) is 9.88 Å². The summed E-state index contributed by atoms with van der Waals surface area (Å²) in [5, 5.41) is 4.12. The first-order valence-corrected chi connectivity index (χ1v) is 9.50. The average molecular weight is 379 g/mol. The molecule has 28 heavy (non-hydrogen) atoms. The minimum atomic E-state index is -0.448. The SMILES string of the molecule is O=C(NCCCn1ccc2ccccc21)[C@H]1CC(=O)N(c2ccccc2F)C1. The highest BCUT2D eigenvalue weighted by Crippen LogP contribution is 2.27. The third-order valence-electron chi connectivity index (χ3n) is 5.19. The van der Waals surface area contributed by atoms with Crippen molar-refractivity contribution in [3.05, 3.63) is 66.6 Å². The molecule has 0 unspecified atom stereocenters. The summed E-state index contributed by atoms with van der Waals surface area (Å²) in [7, 11) is 0. The minimum absolute atomic E-state index is 0.113. The number of carbonyl (C=O) groups is 2. The largest absolute Gasteiger partial charge is 0.356 e. The van der Waals surface area contributed by atoms with Crippen molar-refractivity contribution in [3.63, 3.8) is 0 Å². The first kappa shape index (κ1) is 18.2. The number of anilines is 1. The van der Waals surface area contributed by atoms with Gasteiger partial charge in [0.2, 0.25) is 11.8 Å². The molecule has 5 nitrogen and oxygen atoms in total. The smallest absolute Gasteiger partial charge is 0.227 e. The van der Waals surface area contributed by atoms with Crippen LogP contribution < -0.4 is 10.2 Å². The molecule has 0 bridgehead atoms. The van der Waals surface area contributed by atoms with Gasteiger partial charge in [-0.1, -0.05) is 30.3 Å². The Balaban J connectivity index is 1.29. The molecule has 1 N–H and O–H groups in total. The summed E-state index contributed by atoms with van der Waals surface area (Å²) in [6.07, 6.45) is 2.96. The number of fused-ring (bicyclic) bond motifs is 1. The van der Waals surface area contributed by atoms with Gasteiger partial charge in [-0.15, -0.1) is 0 Å². The number of carbonyl (C=O) groups excluding carboxylic acids is 2. The van der Waals surface area contributed by atoms with Crippen molar-refractivity contribution in [2.45, 2.75) is 19.4 Å². The molecule has 1 aromatic heterocycles. The molecule has 0 saturated carbocycles. The van der Waals surface area contributed by atoms with Crippen molar-refractivity contribution in [2.75, 3.05) is 18.0 Å². The van der Waals surface area contributed by atoms with E-state index >= 15 is 0 Å². The zero-order chi connectivity index (χ0) is 19.5. The van der Waals surface area contributed by atoms with Crippen LogP contribution in [0.5, 0.6) is 0 Å². The van der Waals surface area contributed by atoms with E-state index in [0.717, 1.165) is 13.0 Å². The van der Waals surface area contributed by atoms with Crippen LogP contribution in [0.4, 0.5) is 10.1 Å². The normalized spacial score (nSPS) is 16.7. The van der Waals surface area contributed by atoms with Crippen LogP contribution in [-0.4, -0.2) is 29.5 Å². The maximum Gasteiger partial charge on any atom is 0.227 e. The lowest BCUT2D eigenvalue weighted by molar-refractivity contribution is -0.126. The van der Waals surface area contributed by atoms with E-state index in [9.17, 15) is 14.0 Å². The van der Waals surface area contributed by atoms with Crippen molar-refractivity contribution < 1.29 is 14.0 Å². The van der Waals surface area contributed by atoms with Gasteiger partial charge in [-0.05, 0) is 36.1 Å². The van der Waals surface area contributed by atoms with E-state index in [2.05, 4.69) is 34.3 Å². The highest BCUT2D eigenvalue weighted by atomic mass is 19.1. The molecule has 1 aliphatic rings. The maximum absolute atomic E-state index is 13.9. The van der Waals surface area contributed by atoms with E-state index in [-0.39, 0.29) is 30.5 Å². The molecule has 1 aliphatic heterocycles. The standard InChI is InChI=1S/C22H22FN3O2/c23-18-7-2-4-9-20(18)26-15-17(14-21(26)27)22(28)24-11-5-12-25-13-10-16-6-1-3-8-19(16)25/h1-4,6-10,13,17H,5,11-12,14-15H2,(H,24,28)/t17-/m0/s1. The van der Waals surface area contributed by atoms with Crippen molar-refractivity contribution in [1.29, 1.82) is 0 Å². The summed E-state index contributed by atoms with van der Waals surface area (Å²) in [6.45, 7) is 1.56. The van der Waals surface area contributed by atoms with Crippen molar-refractivity contribution >= 4 is 28.4 Å². The zero-order valence-electron chi connectivity index (χ0n) is 15.5. The Morgan fingerprint density at radius 3 is 2.75 bits per heavy atom. The highest BCUT2D eigenvalue weighted by Gasteiger charge is 2.35. The highest BCUT2D eigenvalue weighted by molar-refractivity contribution is 6.00. The predicted octanol–water partition coefficient (Wildman–Crippen LogP) is 3.34. The average Bonchev–Trinajstić information content (AvgIpc) is 3.29. The summed E-state index contributed by atoms with van der Waals surface area (Å²) >= 11 is 0. The van der Waals surface area contributed by atoms with Crippen LogP contribution in [0.1, 0.15) is 12.8 Å². The van der Waals surface area contributed by atoms with E-state index < -0.39 is 11.7 Å². The first-order valence-electron chi connectivity index (χ1n) is 9.50. The van der Waals surface area contributed by atoms with E-state index in [1.807, 2.05) is 12.1 Å². The van der Waals surface area contributed by atoms with Crippen LogP contribution in [0.3, 0.4) is 0 Å². The van der Waals surface area contributed by atoms with Crippen LogP contribution in [0, 0.1) is 11.7 Å². The number of benzene rings is 2. The monoisotopic (exact) mass is 379 g/mol. The van der Waals surface area contributed by atoms with E-state index in [0.29, 0.717) is 6.54 Å². The topological polar surface area (TPSA) is 54.3 Å². The molecule has 1 atom stereocenters. The lowest BCUT2D eigenvalue weighted by atomic mass is 10.1. The second kappa shape index (κ2) is 7.84. The summed E-state index contributed by atoms with van der Waals surface area (Å²) in [4.78, 5) is 26.0. The van der Waals surface area contributed by atoms with Crippen LogP contribution in [0.2, 0.25) is 0 Å². The maximum atomic E-state index is 13.9. The third-order valence-corrected chi connectivity index (χ3v) is 5.19. The summed E-state index contributed by atoms with van der Waals surface area (Å²) in [5.41, 5.74) is 1.41. The van der Waals surface area contributed by atoms with Gasteiger partial charge in [-0.2, -0.15) is 0 Å². The number of amides is 2. The molecular formula is C22H22FN3O2. The lowest BCUT2D eigenvalue weighted by Crippen LogP contribution is -2.34. The Morgan fingerprint density at radius 1 is 1.11 bits per heavy atom. The second-order valence-electron chi connectivity index (χ2n) is 7.07. The molecule has 144 valence electrons. The number of rotatable bonds is 6. The Bertz CT molecular complexity index is 1010. The molecule has 2 heterocycles. The molecule has 3 aromatic rings. The van der Waals surface area contributed by atoms with Gasteiger partial charge in [-0.3, -0.25) is 9.59 Å². The van der Waals surface area contributed by atoms with Crippen molar-refractivity contribution in [2.24, 2.45) is 5.92 Å². The molecule has 0 radical (unpaired) electrons. The second-order valence-corrected chi connectivity index (χ2v) is 7.07. The first-order chi connectivity index (χ1) is 13.6. The molecule has 0 spiro atoms. The number of halogens is 1. The van der Waals surface area contributed by atoms with Gasteiger partial charge in [0.05, 0.1) is 11.6 Å². The van der Waals surface area contributed by atoms with Gasteiger partial charge in [-0.25, -0.2) is 4.39 Å². The molecular weight excluding hydrogens is 357 g/mol. The number of hydrogen-bond donors (Lipinski definition) is 1. The van der Waals surface area contributed by atoms with Gasteiger partial charge in [0.1, 0.15) is 5.82 Å². The van der Waals surface area contributed by atoms with Gasteiger partial charge >= 0.3 is 0 Å². The predicted molar refractivity (Wildman–Crippen MR) is 106 cm³/mol. The molecule has 1 fully saturated rings. The van der Waals surface area contributed by atoms with E-state index in [1.54, 1.807) is 18.2 Å². The fourth-order valence-electron chi connectivity index (χ4n) is 3.73. The Hall–Kier alpha value is -3.15. The van der Waals surface area contributed by atoms with Gasteiger partial charge < -0.3 is 14.8 Å². The van der Waals surface area contributed by atoms with Crippen LogP contribution in [0.25, 0.3) is 10.9 Å². The quantitative estimate of drug-likeness (QED) is 0.668. The Labute approximate surface area is 162 Å². The molecule has 2 amide bonds. The molecule has 6 heteroatoms. The number of para-hydroxylation sites is 2. The lowest BCUT2D eigenvalue weighted by Gasteiger charge is -2.17. The van der Waals surface area contributed by atoms with Crippen LogP contribution in [-0.2, 0) is 16.1 Å². The van der Waals surface area contributed by atoms with Gasteiger partial charge in [0, 0.05) is 37.8 Å². The Morgan fingerprint density at radius 2 is 1.89 bits per heavy atom.